The molecule has 0 aromatic carbocycles. The van der Waals surface area contributed by atoms with Crippen LogP contribution in [0.5, 0.6) is 0 Å². The summed E-state index contributed by atoms with van der Waals surface area (Å²) in [5.74, 6) is 0.893. The summed E-state index contributed by atoms with van der Waals surface area (Å²) in [5, 5.41) is 0. The fourth-order valence-corrected chi connectivity index (χ4v) is 0.696. The molecule has 10 heavy (non-hydrogen) atoms. The van der Waals surface area contributed by atoms with E-state index in [0.717, 1.165) is 31.7 Å². The lowest BCUT2D eigenvalue weighted by atomic mass is 10.3. The van der Waals surface area contributed by atoms with E-state index in [-0.39, 0.29) is 0 Å². The largest absolute Gasteiger partial charge is 0.484 e. The fraction of sp³-hybridized carbons (Fsp3) is 0.875. The minimum atomic E-state index is 0.892. The number of hydrogen-bond acceptors (Lipinski definition) is 2. The molecule has 0 aliphatic carbocycles. The molecule has 0 saturated carbocycles. The first-order valence-corrected chi connectivity index (χ1v) is 3.92. The van der Waals surface area contributed by atoms with Crippen molar-refractivity contribution in [3.63, 3.8) is 0 Å². The molecule has 2 nitrogen and oxygen atoms in total. The molecule has 0 unspecified atom stereocenters. The van der Waals surface area contributed by atoms with Crippen molar-refractivity contribution in [1.82, 2.24) is 0 Å². The first-order valence-electron chi connectivity index (χ1n) is 3.92. The monoisotopic (exact) mass is 143 g/mol. The molecule has 0 fully saturated rings. The summed E-state index contributed by atoms with van der Waals surface area (Å²) >= 11 is 0. The van der Waals surface area contributed by atoms with Crippen LogP contribution in [0.3, 0.4) is 0 Å². The first kappa shape index (κ1) is 9.47. The predicted octanol–water partition coefficient (Wildman–Crippen LogP) is 2.24. The molecule has 0 aromatic rings. The zero-order valence-corrected chi connectivity index (χ0v) is 7.18. The van der Waals surface area contributed by atoms with Crippen LogP contribution in [0, 0.1) is 0 Å². The highest BCUT2D eigenvalue weighted by Crippen LogP contribution is 1.93. The lowest BCUT2D eigenvalue weighted by molar-refractivity contribution is 0.387. The lowest BCUT2D eigenvalue weighted by Gasteiger charge is -2.01. The summed E-state index contributed by atoms with van der Waals surface area (Å²) in [7, 11) is 1.68. The van der Waals surface area contributed by atoms with Crippen molar-refractivity contribution in [2.45, 2.75) is 33.1 Å². The number of methoxy groups -OCH3 is 1. The molecule has 0 atom stereocenters. The van der Waals surface area contributed by atoms with Gasteiger partial charge in [-0.2, -0.15) is 0 Å². The molecule has 0 saturated heterocycles. The molecule has 0 amide bonds. The molecule has 0 aliphatic rings. The van der Waals surface area contributed by atoms with Gasteiger partial charge in [-0.05, 0) is 12.8 Å². The second kappa shape index (κ2) is 6.59. The summed E-state index contributed by atoms with van der Waals surface area (Å²) in [6.45, 7) is 5.13. The smallest absolute Gasteiger partial charge is 0.182 e. The summed E-state index contributed by atoms with van der Waals surface area (Å²) in [6, 6.07) is 0. The molecule has 60 valence electrons. The van der Waals surface area contributed by atoms with Crippen LogP contribution in [-0.4, -0.2) is 19.6 Å². The highest BCUT2D eigenvalue weighted by Gasteiger charge is 1.92. The Morgan fingerprint density at radius 2 is 2.00 bits per heavy atom. The Morgan fingerprint density at radius 1 is 1.30 bits per heavy atom. The minimum Gasteiger partial charge on any atom is -0.484 e. The van der Waals surface area contributed by atoms with E-state index >= 15 is 0 Å². The van der Waals surface area contributed by atoms with Gasteiger partial charge in [0.2, 0.25) is 0 Å². The zero-order valence-electron chi connectivity index (χ0n) is 7.18. The van der Waals surface area contributed by atoms with Crippen molar-refractivity contribution in [1.29, 1.82) is 0 Å². The average Bonchev–Trinajstić information content (AvgIpc) is 1.98. The van der Waals surface area contributed by atoms with Crippen LogP contribution in [0.15, 0.2) is 4.99 Å². The van der Waals surface area contributed by atoms with E-state index in [1.165, 1.54) is 0 Å². The van der Waals surface area contributed by atoms with Crippen molar-refractivity contribution in [2.24, 2.45) is 4.99 Å². The molecule has 0 radical (unpaired) electrons. The average molecular weight is 143 g/mol. The van der Waals surface area contributed by atoms with Gasteiger partial charge in [0.05, 0.1) is 7.11 Å². The maximum absolute atomic E-state index is 5.04. The Kier molecular flexibility index (Phi) is 6.24. The van der Waals surface area contributed by atoms with Gasteiger partial charge in [-0.15, -0.1) is 0 Å². The maximum Gasteiger partial charge on any atom is 0.182 e. The third-order valence-electron chi connectivity index (χ3n) is 1.21. The molecule has 0 aromatic heterocycles. The van der Waals surface area contributed by atoms with Gasteiger partial charge in [0.25, 0.3) is 0 Å². The molecular weight excluding hydrogens is 126 g/mol. The van der Waals surface area contributed by atoms with Gasteiger partial charge in [0.1, 0.15) is 0 Å². The van der Waals surface area contributed by atoms with Crippen LogP contribution in [0.4, 0.5) is 0 Å². The standard InChI is InChI=1S/C8H17NO/c1-4-6-8(10-3)9-7-5-2/h4-7H2,1-3H3. The van der Waals surface area contributed by atoms with E-state index in [1.807, 2.05) is 0 Å². The number of aliphatic imine (C=N–C) groups is 1. The van der Waals surface area contributed by atoms with E-state index in [2.05, 4.69) is 18.8 Å². The second-order valence-electron chi connectivity index (χ2n) is 2.23. The van der Waals surface area contributed by atoms with Crippen molar-refractivity contribution < 1.29 is 4.74 Å². The van der Waals surface area contributed by atoms with Crippen LogP contribution < -0.4 is 0 Å². The summed E-state index contributed by atoms with van der Waals surface area (Å²) in [4.78, 5) is 4.24. The maximum atomic E-state index is 5.04. The highest BCUT2D eigenvalue weighted by molar-refractivity contribution is 5.75. The second-order valence-corrected chi connectivity index (χ2v) is 2.23. The molecule has 0 N–H and O–H groups in total. The topological polar surface area (TPSA) is 21.6 Å². The van der Waals surface area contributed by atoms with Gasteiger partial charge in [0.15, 0.2) is 5.90 Å². The van der Waals surface area contributed by atoms with E-state index in [0.29, 0.717) is 0 Å². The molecule has 2 heteroatoms. The van der Waals surface area contributed by atoms with Crippen LogP contribution in [0.1, 0.15) is 33.1 Å². The van der Waals surface area contributed by atoms with E-state index in [4.69, 9.17) is 4.74 Å². The molecule has 0 rings (SSSR count). The third-order valence-corrected chi connectivity index (χ3v) is 1.21. The number of ether oxygens (including phenoxy) is 1. The van der Waals surface area contributed by atoms with Gasteiger partial charge < -0.3 is 4.74 Å². The summed E-state index contributed by atoms with van der Waals surface area (Å²) in [5.41, 5.74) is 0. The molecule has 0 aliphatic heterocycles. The predicted molar refractivity (Wildman–Crippen MR) is 44.5 cm³/mol. The Hall–Kier alpha value is -0.530. The summed E-state index contributed by atoms with van der Waals surface area (Å²) in [6.07, 6.45) is 3.17. The van der Waals surface area contributed by atoms with Gasteiger partial charge >= 0.3 is 0 Å². The number of hydrogen-bond donors (Lipinski definition) is 0. The quantitative estimate of drug-likeness (QED) is 0.437. The number of nitrogens with zero attached hydrogens (tertiary/aromatic N) is 1. The molecule has 0 spiro atoms. The third kappa shape index (κ3) is 4.36. The first-order chi connectivity index (χ1) is 4.85. The van der Waals surface area contributed by atoms with Crippen LogP contribution in [-0.2, 0) is 4.74 Å². The normalized spacial score (nSPS) is 11.7. The summed E-state index contributed by atoms with van der Waals surface area (Å²) < 4.78 is 5.04. The van der Waals surface area contributed by atoms with E-state index in [9.17, 15) is 0 Å². The Labute approximate surface area is 63.3 Å². The fourth-order valence-electron chi connectivity index (χ4n) is 0.696. The zero-order chi connectivity index (χ0) is 7.82. The van der Waals surface area contributed by atoms with E-state index < -0.39 is 0 Å². The lowest BCUT2D eigenvalue weighted by Crippen LogP contribution is -2.01. The van der Waals surface area contributed by atoms with Crippen LogP contribution >= 0.6 is 0 Å². The molecule has 0 bridgehead atoms. The van der Waals surface area contributed by atoms with Gasteiger partial charge in [-0.1, -0.05) is 13.8 Å². The molecule has 0 heterocycles. The molecular formula is C8H17NO. The minimum absolute atomic E-state index is 0.892. The van der Waals surface area contributed by atoms with Gasteiger partial charge in [-0.25, -0.2) is 0 Å². The Bertz CT molecular complexity index is 99.4. The van der Waals surface area contributed by atoms with Crippen molar-refractivity contribution in [2.75, 3.05) is 13.7 Å². The SMILES string of the molecule is CCCN=C(CCC)OC. The highest BCUT2D eigenvalue weighted by atomic mass is 16.5. The van der Waals surface area contributed by atoms with Gasteiger partial charge in [-0.3, -0.25) is 4.99 Å². The van der Waals surface area contributed by atoms with Crippen LogP contribution in [0.25, 0.3) is 0 Å². The van der Waals surface area contributed by atoms with E-state index in [1.54, 1.807) is 7.11 Å². The van der Waals surface area contributed by atoms with Crippen LogP contribution in [0.2, 0.25) is 0 Å². The Morgan fingerprint density at radius 3 is 2.40 bits per heavy atom. The van der Waals surface area contributed by atoms with Gasteiger partial charge in [0, 0.05) is 13.0 Å². The van der Waals surface area contributed by atoms with Crippen molar-refractivity contribution in [3.05, 3.63) is 0 Å². The number of rotatable bonds is 4. The van der Waals surface area contributed by atoms with Crippen molar-refractivity contribution in [3.8, 4) is 0 Å². The van der Waals surface area contributed by atoms with Crippen molar-refractivity contribution >= 4 is 5.90 Å². The Balaban J connectivity index is 3.55.